The lowest BCUT2D eigenvalue weighted by atomic mass is 10.2. The largest absolute Gasteiger partial charge is 0.376 e. The Kier molecular flexibility index (Phi) is 4.55. The van der Waals surface area contributed by atoms with Crippen LogP contribution in [0.15, 0.2) is 48.5 Å². The summed E-state index contributed by atoms with van der Waals surface area (Å²) in [5, 5.41) is 6.14. The highest BCUT2D eigenvalue weighted by molar-refractivity contribution is 7.80. The number of anilines is 2. The summed E-state index contributed by atoms with van der Waals surface area (Å²) in [5.74, 6) is -0.275. The van der Waals surface area contributed by atoms with Crippen molar-refractivity contribution >= 4 is 46.2 Å². The minimum absolute atomic E-state index is 0.166. The predicted molar refractivity (Wildman–Crippen MR) is 86.3 cm³/mol. The van der Waals surface area contributed by atoms with Crippen molar-refractivity contribution in [1.82, 2.24) is 0 Å². The van der Waals surface area contributed by atoms with Gasteiger partial charge in [-0.25, -0.2) is 0 Å². The molecule has 4 nitrogen and oxygen atoms in total. The van der Waals surface area contributed by atoms with Crippen LogP contribution in [0.3, 0.4) is 0 Å². The molecule has 0 heterocycles. The third-order valence-electron chi connectivity index (χ3n) is 2.51. The van der Waals surface area contributed by atoms with E-state index in [2.05, 4.69) is 10.6 Å². The van der Waals surface area contributed by atoms with Gasteiger partial charge in [0.15, 0.2) is 5.11 Å². The Morgan fingerprint density at radius 1 is 1.05 bits per heavy atom. The van der Waals surface area contributed by atoms with Gasteiger partial charge in [0.05, 0.1) is 10.6 Å². The standard InChI is InChI=1S/C14H12ClN3OS/c15-12-7-2-1-6-11(12)13(19)17-9-4-3-5-10(8-9)18-14(16)20/h1-8H,(H,17,19)(H3,16,18,20). The van der Waals surface area contributed by atoms with Crippen LogP contribution in [0.25, 0.3) is 0 Å². The van der Waals surface area contributed by atoms with Gasteiger partial charge in [0.25, 0.3) is 5.91 Å². The van der Waals surface area contributed by atoms with Crippen molar-refractivity contribution in [2.45, 2.75) is 0 Å². The summed E-state index contributed by atoms with van der Waals surface area (Å²) < 4.78 is 0. The normalized spacial score (nSPS) is 9.85. The van der Waals surface area contributed by atoms with E-state index in [1.807, 2.05) is 0 Å². The molecule has 2 aromatic carbocycles. The molecule has 20 heavy (non-hydrogen) atoms. The van der Waals surface area contributed by atoms with E-state index in [9.17, 15) is 4.79 Å². The summed E-state index contributed by atoms with van der Waals surface area (Å²) in [7, 11) is 0. The number of nitrogens with two attached hydrogens (primary N) is 1. The Morgan fingerprint density at radius 2 is 1.70 bits per heavy atom. The van der Waals surface area contributed by atoms with Crippen LogP contribution in [0.4, 0.5) is 11.4 Å². The fourth-order valence-corrected chi connectivity index (χ4v) is 2.00. The average Bonchev–Trinajstić information content (AvgIpc) is 2.38. The number of nitrogens with one attached hydrogen (secondary N) is 2. The fourth-order valence-electron chi connectivity index (χ4n) is 1.66. The number of halogens is 1. The van der Waals surface area contributed by atoms with Crippen molar-refractivity contribution in [3.63, 3.8) is 0 Å². The van der Waals surface area contributed by atoms with Gasteiger partial charge in [-0.3, -0.25) is 4.79 Å². The Hall–Kier alpha value is -2.11. The number of hydrogen-bond donors (Lipinski definition) is 3. The summed E-state index contributed by atoms with van der Waals surface area (Å²) >= 11 is 10.7. The van der Waals surface area contributed by atoms with Gasteiger partial charge >= 0.3 is 0 Å². The molecule has 0 unspecified atom stereocenters. The predicted octanol–water partition coefficient (Wildman–Crippen LogP) is 3.25. The fraction of sp³-hybridized carbons (Fsp3) is 0. The second-order valence-corrected chi connectivity index (χ2v) is 4.85. The molecule has 0 saturated heterocycles. The Bertz CT molecular complexity index is 660. The molecule has 6 heteroatoms. The number of hydrogen-bond acceptors (Lipinski definition) is 2. The van der Waals surface area contributed by atoms with Gasteiger partial charge < -0.3 is 16.4 Å². The van der Waals surface area contributed by atoms with Crippen LogP contribution in [0.1, 0.15) is 10.4 Å². The number of benzene rings is 2. The van der Waals surface area contributed by atoms with E-state index in [0.29, 0.717) is 22.0 Å². The molecule has 0 aromatic heterocycles. The van der Waals surface area contributed by atoms with E-state index in [1.165, 1.54) is 0 Å². The van der Waals surface area contributed by atoms with Crippen LogP contribution >= 0.6 is 23.8 Å². The zero-order valence-electron chi connectivity index (χ0n) is 10.4. The quantitative estimate of drug-likeness (QED) is 0.762. The van der Waals surface area contributed by atoms with Crippen molar-refractivity contribution in [2.75, 3.05) is 10.6 Å². The molecule has 0 spiro atoms. The minimum Gasteiger partial charge on any atom is -0.376 e. The van der Waals surface area contributed by atoms with E-state index in [-0.39, 0.29) is 11.0 Å². The van der Waals surface area contributed by atoms with E-state index < -0.39 is 0 Å². The summed E-state index contributed by atoms with van der Waals surface area (Å²) in [6, 6.07) is 13.9. The molecule has 0 bridgehead atoms. The molecular formula is C14H12ClN3OS. The first kappa shape index (κ1) is 14.3. The first-order valence-corrected chi connectivity index (χ1v) is 6.57. The van der Waals surface area contributed by atoms with Crippen molar-refractivity contribution in [3.8, 4) is 0 Å². The maximum absolute atomic E-state index is 12.1. The maximum Gasteiger partial charge on any atom is 0.257 e. The molecule has 0 fully saturated rings. The molecule has 0 aliphatic rings. The van der Waals surface area contributed by atoms with E-state index in [4.69, 9.17) is 29.6 Å². The summed E-state index contributed by atoms with van der Waals surface area (Å²) in [6.45, 7) is 0. The molecule has 1 amide bonds. The zero-order chi connectivity index (χ0) is 14.5. The van der Waals surface area contributed by atoms with E-state index in [1.54, 1.807) is 48.5 Å². The van der Waals surface area contributed by atoms with Gasteiger partial charge in [-0.15, -0.1) is 0 Å². The van der Waals surface area contributed by atoms with Crippen molar-refractivity contribution in [1.29, 1.82) is 0 Å². The molecule has 0 aliphatic heterocycles. The Labute approximate surface area is 126 Å². The second-order valence-electron chi connectivity index (χ2n) is 4.00. The molecular weight excluding hydrogens is 294 g/mol. The lowest BCUT2D eigenvalue weighted by Gasteiger charge is -2.09. The highest BCUT2D eigenvalue weighted by Gasteiger charge is 2.09. The van der Waals surface area contributed by atoms with E-state index >= 15 is 0 Å². The number of carbonyl (C=O) groups is 1. The molecule has 0 atom stereocenters. The summed E-state index contributed by atoms with van der Waals surface area (Å²) in [4.78, 5) is 12.1. The van der Waals surface area contributed by atoms with Crippen LogP contribution in [-0.4, -0.2) is 11.0 Å². The third kappa shape index (κ3) is 3.69. The molecule has 0 radical (unpaired) electrons. The van der Waals surface area contributed by atoms with Gasteiger partial charge in [0.1, 0.15) is 0 Å². The zero-order valence-corrected chi connectivity index (χ0v) is 12.0. The van der Waals surface area contributed by atoms with E-state index in [0.717, 1.165) is 0 Å². The number of carbonyl (C=O) groups excluding carboxylic acids is 1. The molecule has 2 rings (SSSR count). The van der Waals surface area contributed by atoms with Crippen molar-refractivity contribution in [3.05, 3.63) is 59.1 Å². The summed E-state index contributed by atoms with van der Waals surface area (Å²) in [6.07, 6.45) is 0. The average molecular weight is 306 g/mol. The molecule has 2 aromatic rings. The highest BCUT2D eigenvalue weighted by Crippen LogP contribution is 2.19. The smallest absolute Gasteiger partial charge is 0.257 e. The number of thiocarbonyl (C=S) groups is 1. The SMILES string of the molecule is NC(=S)Nc1cccc(NC(=O)c2ccccc2Cl)c1. The highest BCUT2D eigenvalue weighted by atomic mass is 35.5. The molecule has 102 valence electrons. The molecule has 4 N–H and O–H groups in total. The van der Waals surface area contributed by atoms with Crippen molar-refractivity contribution < 1.29 is 4.79 Å². The first-order valence-electron chi connectivity index (χ1n) is 5.78. The molecule has 0 saturated carbocycles. The maximum atomic E-state index is 12.1. The van der Waals surface area contributed by atoms with Crippen LogP contribution in [0, 0.1) is 0 Å². The minimum atomic E-state index is -0.275. The monoisotopic (exact) mass is 305 g/mol. The van der Waals surface area contributed by atoms with Gasteiger partial charge in [-0.1, -0.05) is 29.8 Å². The van der Waals surface area contributed by atoms with Gasteiger partial charge in [-0.2, -0.15) is 0 Å². The van der Waals surface area contributed by atoms with Crippen molar-refractivity contribution in [2.24, 2.45) is 5.73 Å². The first-order chi connectivity index (χ1) is 9.56. The lowest BCUT2D eigenvalue weighted by Crippen LogP contribution is -2.19. The van der Waals surface area contributed by atoms with Crippen LogP contribution in [0.2, 0.25) is 5.02 Å². The van der Waals surface area contributed by atoms with Gasteiger partial charge in [0.2, 0.25) is 0 Å². The third-order valence-corrected chi connectivity index (χ3v) is 2.94. The Balaban J connectivity index is 2.16. The lowest BCUT2D eigenvalue weighted by molar-refractivity contribution is 0.102. The summed E-state index contributed by atoms with van der Waals surface area (Å²) in [5.41, 5.74) is 7.15. The van der Waals surface area contributed by atoms with Gasteiger partial charge in [-0.05, 0) is 42.5 Å². The van der Waals surface area contributed by atoms with Gasteiger partial charge in [0, 0.05) is 11.4 Å². The van der Waals surface area contributed by atoms with Crippen LogP contribution < -0.4 is 16.4 Å². The Morgan fingerprint density at radius 3 is 2.35 bits per heavy atom. The second kappa shape index (κ2) is 6.36. The topological polar surface area (TPSA) is 67.2 Å². The van der Waals surface area contributed by atoms with Crippen LogP contribution in [0.5, 0.6) is 0 Å². The van der Waals surface area contributed by atoms with Crippen LogP contribution in [-0.2, 0) is 0 Å². The molecule has 0 aliphatic carbocycles. The number of amides is 1. The number of rotatable bonds is 3.